The van der Waals surface area contributed by atoms with E-state index in [0.717, 1.165) is 0 Å². The van der Waals surface area contributed by atoms with Gasteiger partial charge in [-0.3, -0.25) is 4.79 Å². The summed E-state index contributed by atoms with van der Waals surface area (Å²) in [5.74, 6) is 1.04. The number of piperazine rings is 1. The molecule has 1 aromatic carbocycles. The lowest BCUT2D eigenvalue weighted by Crippen LogP contribution is -2.50. The summed E-state index contributed by atoms with van der Waals surface area (Å²) in [7, 11) is -3.60. The summed E-state index contributed by atoms with van der Waals surface area (Å²) in [6, 6.07) is 6.08. The zero-order chi connectivity index (χ0) is 19.1. The summed E-state index contributed by atoms with van der Waals surface area (Å²) in [5, 5.41) is 0.482. The Labute approximate surface area is 165 Å². The third-order valence-corrected chi connectivity index (χ3v) is 7.50. The molecule has 0 spiro atoms. The summed E-state index contributed by atoms with van der Waals surface area (Å²) in [6.07, 6.45) is 0. The number of rotatable bonds is 3. The van der Waals surface area contributed by atoms with Crippen LogP contribution in [-0.2, 0) is 10.0 Å². The van der Waals surface area contributed by atoms with Gasteiger partial charge in [0.15, 0.2) is 0 Å². The second-order valence-electron chi connectivity index (χ2n) is 6.05. The summed E-state index contributed by atoms with van der Waals surface area (Å²) in [6.45, 7) is 4.65. The second-order valence-corrected chi connectivity index (χ2v) is 9.22. The van der Waals surface area contributed by atoms with Crippen molar-refractivity contribution in [2.75, 3.05) is 26.2 Å². The Morgan fingerprint density at radius 1 is 1.08 bits per heavy atom. The van der Waals surface area contributed by atoms with Crippen molar-refractivity contribution in [1.82, 2.24) is 9.21 Å². The maximum absolute atomic E-state index is 12.8. The molecule has 0 N–H and O–H groups in total. The Bertz CT molecular complexity index is 932. The van der Waals surface area contributed by atoms with Crippen LogP contribution in [0.4, 0.5) is 0 Å². The van der Waals surface area contributed by atoms with Gasteiger partial charge >= 0.3 is 0 Å². The molecule has 26 heavy (non-hydrogen) atoms. The van der Waals surface area contributed by atoms with Crippen molar-refractivity contribution in [2.45, 2.75) is 18.7 Å². The molecule has 0 aliphatic carbocycles. The Balaban J connectivity index is 1.73. The zero-order valence-corrected chi connectivity index (χ0v) is 17.5. The monoisotopic (exact) mass is 460 g/mol. The van der Waals surface area contributed by atoms with E-state index in [2.05, 4.69) is 15.9 Å². The van der Waals surface area contributed by atoms with E-state index in [0.29, 0.717) is 39.7 Å². The molecule has 0 unspecified atom stereocenters. The van der Waals surface area contributed by atoms with E-state index in [-0.39, 0.29) is 23.9 Å². The van der Waals surface area contributed by atoms with E-state index in [9.17, 15) is 13.2 Å². The first-order chi connectivity index (χ1) is 12.2. The Hall–Kier alpha value is -1.35. The number of sulfonamides is 1. The van der Waals surface area contributed by atoms with Crippen molar-refractivity contribution < 1.29 is 17.6 Å². The van der Waals surface area contributed by atoms with Crippen molar-refractivity contribution in [3.8, 4) is 0 Å². The van der Waals surface area contributed by atoms with Crippen LogP contribution in [0.1, 0.15) is 21.9 Å². The summed E-state index contributed by atoms with van der Waals surface area (Å²) < 4.78 is 33.0. The normalized spacial score (nSPS) is 16.1. The highest BCUT2D eigenvalue weighted by atomic mass is 79.9. The number of benzene rings is 1. The number of amides is 1. The van der Waals surface area contributed by atoms with Crippen LogP contribution in [-0.4, -0.2) is 49.7 Å². The molecule has 1 amide bonds. The lowest BCUT2D eigenvalue weighted by atomic mass is 10.2. The number of furan rings is 1. The van der Waals surface area contributed by atoms with E-state index in [1.54, 1.807) is 30.9 Å². The first-order valence-electron chi connectivity index (χ1n) is 8.02. The van der Waals surface area contributed by atoms with Gasteiger partial charge in [0.25, 0.3) is 5.91 Å². The van der Waals surface area contributed by atoms with Gasteiger partial charge in [-0.2, -0.15) is 4.31 Å². The first kappa shape index (κ1) is 19.4. The molecule has 1 aliphatic rings. The van der Waals surface area contributed by atoms with Crippen molar-refractivity contribution in [2.24, 2.45) is 0 Å². The molecule has 0 saturated carbocycles. The predicted octanol–water partition coefficient (Wildman–Crippen LogP) is 3.46. The Kier molecular flexibility index (Phi) is 5.48. The highest BCUT2D eigenvalue weighted by molar-refractivity contribution is 9.10. The van der Waals surface area contributed by atoms with E-state index in [1.807, 2.05) is 0 Å². The molecule has 9 heteroatoms. The van der Waals surface area contributed by atoms with E-state index in [1.165, 1.54) is 16.4 Å². The van der Waals surface area contributed by atoms with Crippen LogP contribution < -0.4 is 0 Å². The Morgan fingerprint density at radius 2 is 1.65 bits per heavy atom. The lowest BCUT2D eigenvalue weighted by Gasteiger charge is -2.34. The second kappa shape index (κ2) is 7.34. The topological polar surface area (TPSA) is 70.8 Å². The van der Waals surface area contributed by atoms with Crippen molar-refractivity contribution in [1.29, 1.82) is 0 Å². The third-order valence-electron chi connectivity index (χ3n) is 4.38. The van der Waals surface area contributed by atoms with Crippen LogP contribution in [0.25, 0.3) is 0 Å². The first-order valence-corrected chi connectivity index (χ1v) is 10.6. The largest absolute Gasteiger partial charge is 0.465 e. The summed E-state index contributed by atoms with van der Waals surface area (Å²) >= 11 is 9.21. The minimum Gasteiger partial charge on any atom is -0.465 e. The minimum absolute atomic E-state index is 0.158. The molecular weight excluding hydrogens is 444 g/mol. The van der Waals surface area contributed by atoms with E-state index < -0.39 is 10.0 Å². The van der Waals surface area contributed by atoms with E-state index in [4.69, 9.17) is 16.0 Å². The smallest absolute Gasteiger partial charge is 0.258 e. The van der Waals surface area contributed by atoms with Gasteiger partial charge in [0, 0.05) is 31.2 Å². The number of hydrogen-bond acceptors (Lipinski definition) is 4. The molecule has 140 valence electrons. The van der Waals surface area contributed by atoms with Crippen molar-refractivity contribution >= 4 is 43.5 Å². The van der Waals surface area contributed by atoms with Gasteiger partial charge in [-0.1, -0.05) is 11.6 Å². The molecule has 6 nitrogen and oxygen atoms in total. The van der Waals surface area contributed by atoms with Crippen molar-refractivity contribution in [3.05, 3.63) is 50.8 Å². The number of halogens is 2. The maximum Gasteiger partial charge on any atom is 0.258 e. The van der Waals surface area contributed by atoms with Gasteiger partial charge in [0.2, 0.25) is 10.0 Å². The SMILES string of the molecule is Cc1oc(C)c(C(=O)N2CCN(S(=O)(=O)c3ccc(Cl)cc3)CC2)c1Br. The van der Waals surface area contributed by atoms with Crippen LogP contribution in [0, 0.1) is 13.8 Å². The van der Waals surface area contributed by atoms with Crippen LogP contribution in [0.5, 0.6) is 0 Å². The summed E-state index contributed by atoms with van der Waals surface area (Å²) in [4.78, 5) is 14.6. The molecular formula is C17H18BrClN2O4S. The molecule has 1 aromatic heterocycles. The molecule has 1 aliphatic heterocycles. The predicted molar refractivity (Wildman–Crippen MR) is 102 cm³/mol. The number of carbonyl (C=O) groups is 1. The van der Waals surface area contributed by atoms with Gasteiger partial charge < -0.3 is 9.32 Å². The standard InChI is InChI=1S/C17H18BrClN2O4S/c1-11-15(16(18)12(2)25-11)17(22)20-7-9-21(10-8-20)26(23,24)14-5-3-13(19)4-6-14/h3-6H,7-10H2,1-2H3. The highest BCUT2D eigenvalue weighted by Gasteiger charge is 2.32. The van der Waals surface area contributed by atoms with Crippen molar-refractivity contribution in [3.63, 3.8) is 0 Å². The molecule has 1 saturated heterocycles. The fourth-order valence-electron chi connectivity index (χ4n) is 2.95. The fourth-order valence-corrected chi connectivity index (χ4v) is 5.02. The zero-order valence-electron chi connectivity index (χ0n) is 14.3. The van der Waals surface area contributed by atoms with Crippen LogP contribution >= 0.6 is 27.5 Å². The number of nitrogens with zero attached hydrogens (tertiary/aromatic N) is 2. The average Bonchev–Trinajstić information content (AvgIpc) is 2.87. The molecule has 0 radical (unpaired) electrons. The van der Waals surface area contributed by atoms with Gasteiger partial charge in [-0.05, 0) is 54.0 Å². The quantitative estimate of drug-likeness (QED) is 0.702. The average molecular weight is 462 g/mol. The molecule has 0 bridgehead atoms. The molecule has 1 fully saturated rings. The maximum atomic E-state index is 12.8. The van der Waals surface area contributed by atoms with Gasteiger partial charge in [0.1, 0.15) is 11.5 Å². The molecule has 0 atom stereocenters. The summed E-state index contributed by atoms with van der Waals surface area (Å²) in [5.41, 5.74) is 0.497. The Morgan fingerprint density at radius 3 is 2.15 bits per heavy atom. The number of carbonyl (C=O) groups excluding carboxylic acids is 1. The van der Waals surface area contributed by atoms with Gasteiger partial charge in [-0.25, -0.2) is 8.42 Å². The lowest BCUT2D eigenvalue weighted by molar-refractivity contribution is 0.0695. The van der Waals surface area contributed by atoms with Gasteiger partial charge in [-0.15, -0.1) is 0 Å². The minimum atomic E-state index is -3.60. The molecule has 2 heterocycles. The van der Waals surface area contributed by atoms with E-state index >= 15 is 0 Å². The van der Waals surface area contributed by atoms with Crippen LogP contribution in [0.3, 0.4) is 0 Å². The fraction of sp³-hybridized carbons (Fsp3) is 0.353. The van der Waals surface area contributed by atoms with Gasteiger partial charge in [0.05, 0.1) is 14.9 Å². The third kappa shape index (κ3) is 3.55. The van der Waals surface area contributed by atoms with Crippen LogP contribution in [0.2, 0.25) is 5.02 Å². The number of hydrogen-bond donors (Lipinski definition) is 0. The molecule has 3 rings (SSSR count). The molecule has 2 aromatic rings. The number of aryl methyl sites for hydroxylation is 2. The highest BCUT2D eigenvalue weighted by Crippen LogP contribution is 2.29. The van der Waals surface area contributed by atoms with Crippen LogP contribution in [0.15, 0.2) is 38.1 Å².